The third-order valence-corrected chi connectivity index (χ3v) is 6.56. The quantitative estimate of drug-likeness (QED) is 0.794. The molecule has 7 heteroatoms. The highest BCUT2D eigenvalue weighted by Crippen LogP contribution is 2.36. The Bertz CT molecular complexity index is 770. The van der Waals surface area contributed by atoms with Crippen molar-refractivity contribution in [3.05, 3.63) is 52.7 Å². The van der Waals surface area contributed by atoms with E-state index >= 15 is 0 Å². The summed E-state index contributed by atoms with van der Waals surface area (Å²) in [6.45, 7) is 2.90. The van der Waals surface area contributed by atoms with E-state index in [9.17, 15) is 4.79 Å². The molecule has 1 spiro atoms. The zero-order chi connectivity index (χ0) is 18.0. The van der Waals surface area contributed by atoms with Crippen molar-refractivity contribution in [3.63, 3.8) is 0 Å². The van der Waals surface area contributed by atoms with Gasteiger partial charge in [0.25, 0.3) is 0 Å². The Morgan fingerprint density at radius 3 is 2.65 bits per heavy atom. The zero-order valence-electron chi connectivity index (χ0n) is 14.5. The summed E-state index contributed by atoms with van der Waals surface area (Å²) in [5.41, 5.74) is 0.638. The molecule has 0 saturated carbocycles. The van der Waals surface area contributed by atoms with Gasteiger partial charge in [-0.2, -0.15) is 0 Å². The van der Waals surface area contributed by atoms with E-state index in [1.807, 2.05) is 24.3 Å². The molecule has 5 nitrogen and oxygen atoms in total. The number of hydrogen-bond acceptors (Lipinski definition) is 4. The highest BCUT2D eigenvalue weighted by molar-refractivity contribution is 7.80. The fourth-order valence-electron chi connectivity index (χ4n) is 3.80. The van der Waals surface area contributed by atoms with Gasteiger partial charge < -0.3 is 20.4 Å². The number of carbonyl (C=O) groups excluding carboxylic acids is 1. The lowest BCUT2D eigenvalue weighted by molar-refractivity contribution is -0.124. The number of likely N-dealkylation sites (tertiary alicyclic amines) is 1. The molecule has 0 unspecified atom stereocenters. The molecule has 136 valence electrons. The van der Waals surface area contributed by atoms with Crippen LogP contribution < -0.4 is 15.5 Å². The molecule has 2 aliphatic heterocycles. The second-order valence-electron chi connectivity index (χ2n) is 6.68. The van der Waals surface area contributed by atoms with Gasteiger partial charge in [0.2, 0.25) is 5.91 Å². The second-order valence-corrected chi connectivity index (χ2v) is 8.10. The minimum atomic E-state index is -0.457. The van der Waals surface area contributed by atoms with Crippen LogP contribution in [0.2, 0.25) is 0 Å². The molecule has 0 bridgehead atoms. The average molecular weight is 387 g/mol. The van der Waals surface area contributed by atoms with Crippen LogP contribution in [0.5, 0.6) is 0 Å². The molecule has 26 heavy (non-hydrogen) atoms. The molecule has 1 aromatic heterocycles. The molecule has 4 rings (SSSR count). The van der Waals surface area contributed by atoms with Crippen molar-refractivity contribution >= 4 is 40.3 Å². The molecule has 0 aliphatic carbocycles. The van der Waals surface area contributed by atoms with Gasteiger partial charge >= 0.3 is 0 Å². The second kappa shape index (κ2) is 7.25. The Morgan fingerprint density at radius 2 is 1.96 bits per heavy atom. The van der Waals surface area contributed by atoms with Gasteiger partial charge in [-0.05, 0) is 48.6 Å². The van der Waals surface area contributed by atoms with Crippen LogP contribution in [0.3, 0.4) is 0 Å². The van der Waals surface area contributed by atoms with Crippen LogP contribution in [0.1, 0.15) is 17.7 Å². The van der Waals surface area contributed by atoms with Crippen molar-refractivity contribution in [2.45, 2.75) is 24.9 Å². The smallest absolute Gasteiger partial charge is 0.247 e. The maximum atomic E-state index is 12.7. The lowest BCUT2D eigenvalue weighted by Gasteiger charge is -2.44. The van der Waals surface area contributed by atoms with E-state index in [4.69, 9.17) is 12.2 Å². The topological polar surface area (TPSA) is 47.6 Å². The number of thiophene rings is 1. The number of anilines is 1. The highest BCUT2D eigenvalue weighted by atomic mass is 32.1. The van der Waals surface area contributed by atoms with Crippen LogP contribution >= 0.6 is 23.6 Å². The van der Waals surface area contributed by atoms with Gasteiger partial charge in [0.15, 0.2) is 5.11 Å². The maximum Gasteiger partial charge on any atom is 0.247 e. The SMILES string of the molecule is O=C1NCN(c2ccccc2)C12CCN(C(=S)NCc1cccs1)CC2. The molecular formula is C19H22N4OS2. The number of rotatable bonds is 3. The Hall–Kier alpha value is -2.12. The highest BCUT2D eigenvalue weighted by Gasteiger charge is 2.50. The third-order valence-electron chi connectivity index (χ3n) is 5.28. The van der Waals surface area contributed by atoms with Crippen LogP contribution in [0.15, 0.2) is 47.8 Å². The number of carbonyl (C=O) groups is 1. The van der Waals surface area contributed by atoms with E-state index < -0.39 is 5.54 Å². The summed E-state index contributed by atoms with van der Waals surface area (Å²) in [5, 5.41) is 9.23. The molecule has 2 N–H and O–H groups in total. The maximum absolute atomic E-state index is 12.7. The van der Waals surface area contributed by atoms with Gasteiger partial charge in [-0.1, -0.05) is 24.3 Å². The number of piperidine rings is 1. The predicted octanol–water partition coefficient (Wildman–Crippen LogP) is 2.55. The summed E-state index contributed by atoms with van der Waals surface area (Å²) < 4.78 is 0. The minimum absolute atomic E-state index is 0.137. The lowest BCUT2D eigenvalue weighted by Crippen LogP contribution is -2.58. The first-order chi connectivity index (χ1) is 12.7. The largest absolute Gasteiger partial charge is 0.358 e. The van der Waals surface area contributed by atoms with Crippen molar-refractivity contribution in [1.29, 1.82) is 0 Å². The molecular weight excluding hydrogens is 364 g/mol. The lowest BCUT2D eigenvalue weighted by atomic mass is 9.86. The van der Waals surface area contributed by atoms with Gasteiger partial charge in [-0.15, -0.1) is 11.3 Å². The first kappa shape index (κ1) is 17.3. The molecule has 2 aliphatic rings. The Balaban J connectivity index is 1.41. The monoisotopic (exact) mass is 386 g/mol. The number of benzene rings is 1. The number of amides is 1. The summed E-state index contributed by atoms with van der Waals surface area (Å²) in [6, 6.07) is 14.3. The van der Waals surface area contributed by atoms with Gasteiger partial charge in [0.05, 0.1) is 13.2 Å². The normalized spacial score (nSPS) is 18.8. The molecule has 0 atom stereocenters. The summed E-state index contributed by atoms with van der Waals surface area (Å²) in [5.74, 6) is 0.137. The van der Waals surface area contributed by atoms with Gasteiger partial charge in [0, 0.05) is 23.7 Å². The number of nitrogens with zero attached hydrogens (tertiary/aromatic N) is 2. The van der Waals surface area contributed by atoms with Crippen LogP contribution in [-0.4, -0.2) is 41.2 Å². The fourth-order valence-corrected chi connectivity index (χ4v) is 4.70. The molecule has 2 saturated heterocycles. The van der Waals surface area contributed by atoms with Crippen LogP contribution in [-0.2, 0) is 11.3 Å². The fraction of sp³-hybridized carbons (Fsp3) is 0.368. The van der Waals surface area contributed by atoms with Crippen LogP contribution in [0.4, 0.5) is 5.69 Å². The molecule has 2 aromatic rings. The van der Waals surface area contributed by atoms with Crippen LogP contribution in [0, 0.1) is 0 Å². The van der Waals surface area contributed by atoms with Gasteiger partial charge in [-0.25, -0.2) is 0 Å². The van der Waals surface area contributed by atoms with Crippen LogP contribution in [0.25, 0.3) is 0 Å². The predicted molar refractivity (Wildman–Crippen MR) is 109 cm³/mol. The standard InChI is InChI=1S/C19H22N4OS2/c24-17-19(23(14-21-17)15-5-2-1-3-6-15)8-10-22(11-9-19)18(25)20-13-16-7-4-12-26-16/h1-7,12H,8-11,13-14H2,(H,20,25)(H,21,24). The van der Waals surface area contributed by atoms with Gasteiger partial charge in [-0.3, -0.25) is 4.79 Å². The summed E-state index contributed by atoms with van der Waals surface area (Å²) >= 11 is 7.29. The number of thiocarbonyl (C=S) groups is 1. The van der Waals surface area contributed by atoms with E-state index in [2.05, 4.69) is 44.0 Å². The number of hydrogen-bond donors (Lipinski definition) is 2. The van der Waals surface area contributed by atoms with E-state index in [1.165, 1.54) is 4.88 Å². The molecule has 1 aromatic carbocycles. The van der Waals surface area contributed by atoms with E-state index in [1.54, 1.807) is 11.3 Å². The molecule has 0 radical (unpaired) electrons. The summed E-state index contributed by atoms with van der Waals surface area (Å²) in [6.07, 6.45) is 1.54. The first-order valence-electron chi connectivity index (χ1n) is 8.85. The Morgan fingerprint density at radius 1 is 1.19 bits per heavy atom. The number of nitrogens with one attached hydrogen (secondary N) is 2. The van der Waals surface area contributed by atoms with Crippen molar-refractivity contribution in [2.75, 3.05) is 24.7 Å². The van der Waals surface area contributed by atoms with E-state index in [-0.39, 0.29) is 5.91 Å². The average Bonchev–Trinajstić information content (AvgIpc) is 3.30. The Labute approximate surface area is 163 Å². The molecule has 2 fully saturated rings. The van der Waals surface area contributed by atoms with Crippen molar-refractivity contribution < 1.29 is 4.79 Å². The summed E-state index contributed by atoms with van der Waals surface area (Å²) in [4.78, 5) is 18.3. The first-order valence-corrected chi connectivity index (χ1v) is 10.1. The summed E-state index contributed by atoms with van der Waals surface area (Å²) in [7, 11) is 0. The molecule has 3 heterocycles. The zero-order valence-corrected chi connectivity index (χ0v) is 16.1. The van der Waals surface area contributed by atoms with Crippen molar-refractivity contribution in [3.8, 4) is 0 Å². The molecule has 1 amide bonds. The Kier molecular flexibility index (Phi) is 4.82. The van der Waals surface area contributed by atoms with Crippen molar-refractivity contribution in [2.24, 2.45) is 0 Å². The number of para-hydroxylation sites is 1. The third kappa shape index (κ3) is 3.17. The van der Waals surface area contributed by atoms with E-state index in [0.717, 1.165) is 43.3 Å². The minimum Gasteiger partial charge on any atom is -0.358 e. The van der Waals surface area contributed by atoms with E-state index in [0.29, 0.717) is 6.67 Å². The van der Waals surface area contributed by atoms with Crippen molar-refractivity contribution in [1.82, 2.24) is 15.5 Å². The van der Waals surface area contributed by atoms with Gasteiger partial charge in [0.1, 0.15) is 5.54 Å².